The number of sulfonamides is 1. The fourth-order valence-corrected chi connectivity index (χ4v) is 6.40. The third kappa shape index (κ3) is 3.68. The van der Waals surface area contributed by atoms with E-state index < -0.39 is 15.6 Å². The molecule has 1 aromatic carbocycles. The van der Waals surface area contributed by atoms with Crippen LogP contribution in [-0.4, -0.2) is 53.3 Å². The molecule has 2 aliphatic rings. The van der Waals surface area contributed by atoms with Gasteiger partial charge in [0.15, 0.2) is 5.82 Å². The summed E-state index contributed by atoms with van der Waals surface area (Å²) < 4.78 is 34.5. The summed E-state index contributed by atoms with van der Waals surface area (Å²) in [5, 5.41) is 17.8. The molecule has 3 aromatic rings. The van der Waals surface area contributed by atoms with Gasteiger partial charge in [-0.05, 0) is 56.5 Å². The molecule has 10 nitrogen and oxygen atoms in total. The molecule has 2 fully saturated rings. The number of pyridine rings is 1. The predicted octanol–water partition coefficient (Wildman–Crippen LogP) is 2.67. The molecule has 34 heavy (non-hydrogen) atoms. The summed E-state index contributed by atoms with van der Waals surface area (Å²) in [5.41, 5.74) is 0.240. The monoisotopic (exact) mass is 482 g/mol. The Balaban J connectivity index is 1.51. The molecule has 0 spiro atoms. The summed E-state index contributed by atoms with van der Waals surface area (Å²) in [6.07, 6.45) is 4.14. The van der Waals surface area contributed by atoms with Crippen LogP contribution in [-0.2, 0) is 20.3 Å². The van der Waals surface area contributed by atoms with E-state index >= 15 is 0 Å². The van der Waals surface area contributed by atoms with E-state index in [1.54, 1.807) is 41.2 Å². The van der Waals surface area contributed by atoms with Crippen molar-refractivity contribution in [2.45, 2.75) is 49.1 Å². The minimum atomic E-state index is -3.52. The first-order valence-corrected chi connectivity index (χ1v) is 12.7. The zero-order valence-corrected chi connectivity index (χ0v) is 19.6. The van der Waals surface area contributed by atoms with Gasteiger partial charge in [0.2, 0.25) is 10.0 Å². The molecule has 2 aliphatic heterocycles. The third-order valence-electron chi connectivity index (χ3n) is 6.75. The molecular formula is C23H26N6O4S. The molecule has 0 saturated carbocycles. The van der Waals surface area contributed by atoms with E-state index in [4.69, 9.17) is 9.84 Å². The van der Waals surface area contributed by atoms with E-state index in [1.807, 2.05) is 6.92 Å². The Kier molecular flexibility index (Phi) is 5.67. The van der Waals surface area contributed by atoms with Crippen LogP contribution in [0.4, 0.5) is 11.5 Å². The average molecular weight is 483 g/mol. The maximum atomic E-state index is 12.8. The summed E-state index contributed by atoms with van der Waals surface area (Å²) in [4.78, 5) is 15.7. The first-order chi connectivity index (χ1) is 16.4. The van der Waals surface area contributed by atoms with Gasteiger partial charge in [-0.3, -0.25) is 9.48 Å². The minimum absolute atomic E-state index is 0.00866. The number of anilines is 2. The smallest absolute Gasteiger partial charge is 0.261 e. The topological polar surface area (TPSA) is 133 Å². The van der Waals surface area contributed by atoms with Crippen LogP contribution in [0.1, 0.15) is 32.6 Å². The second-order valence-electron chi connectivity index (χ2n) is 8.95. The van der Waals surface area contributed by atoms with Crippen molar-refractivity contribution in [2.75, 3.05) is 25.1 Å². The number of ether oxygens (including phenoxy) is 1. The highest BCUT2D eigenvalue weighted by atomic mass is 32.2. The first kappa shape index (κ1) is 22.6. The van der Waals surface area contributed by atoms with Crippen LogP contribution in [0.25, 0.3) is 10.9 Å². The SMILES string of the molecule is C[C@@H]1CCN1S(=O)(=O)c1ccc(Nc2nn([C@]3(CC#N)CCCOC3)c3cc[nH]c(=O)c23)cc1. The van der Waals surface area contributed by atoms with E-state index in [1.165, 1.54) is 4.31 Å². The summed E-state index contributed by atoms with van der Waals surface area (Å²) in [6.45, 7) is 3.39. The number of rotatable bonds is 6. The number of aromatic amines is 1. The van der Waals surface area contributed by atoms with Crippen LogP contribution in [0.2, 0.25) is 0 Å². The average Bonchev–Trinajstić information content (AvgIpc) is 3.19. The number of H-pyrrole nitrogens is 1. The van der Waals surface area contributed by atoms with Gasteiger partial charge in [0.25, 0.3) is 5.56 Å². The molecule has 2 aromatic heterocycles. The molecule has 11 heteroatoms. The molecule has 0 bridgehead atoms. The van der Waals surface area contributed by atoms with Gasteiger partial charge in [0, 0.05) is 31.1 Å². The number of nitrogens with one attached hydrogen (secondary N) is 2. The summed E-state index contributed by atoms with van der Waals surface area (Å²) >= 11 is 0. The molecule has 2 atom stereocenters. The second-order valence-corrected chi connectivity index (χ2v) is 10.8. The zero-order chi connectivity index (χ0) is 23.9. The summed E-state index contributed by atoms with van der Waals surface area (Å²) in [5.74, 6) is 0.340. The maximum absolute atomic E-state index is 12.8. The minimum Gasteiger partial charge on any atom is -0.379 e. The molecule has 2 N–H and O–H groups in total. The van der Waals surface area contributed by atoms with Gasteiger partial charge in [-0.1, -0.05) is 0 Å². The van der Waals surface area contributed by atoms with E-state index in [0.717, 1.165) is 12.8 Å². The van der Waals surface area contributed by atoms with Crippen molar-refractivity contribution in [3.05, 3.63) is 46.9 Å². The van der Waals surface area contributed by atoms with Gasteiger partial charge in [0.1, 0.15) is 5.39 Å². The van der Waals surface area contributed by atoms with E-state index in [-0.39, 0.29) is 22.9 Å². The highest BCUT2D eigenvalue weighted by Crippen LogP contribution is 2.35. The zero-order valence-electron chi connectivity index (χ0n) is 18.8. The first-order valence-electron chi connectivity index (χ1n) is 11.3. The van der Waals surface area contributed by atoms with E-state index in [9.17, 15) is 18.5 Å². The lowest BCUT2D eigenvalue weighted by atomic mass is 9.89. The van der Waals surface area contributed by atoms with Crippen LogP contribution in [0.5, 0.6) is 0 Å². The van der Waals surface area contributed by atoms with E-state index in [2.05, 4.69) is 16.4 Å². The van der Waals surface area contributed by atoms with Crippen LogP contribution < -0.4 is 10.9 Å². The molecule has 0 aliphatic carbocycles. The largest absolute Gasteiger partial charge is 0.379 e. The van der Waals surface area contributed by atoms with E-state index in [0.29, 0.717) is 48.6 Å². The number of hydrogen-bond acceptors (Lipinski definition) is 7. The van der Waals surface area contributed by atoms with Gasteiger partial charge >= 0.3 is 0 Å². The van der Waals surface area contributed by atoms with Gasteiger partial charge in [-0.15, -0.1) is 0 Å². The van der Waals surface area contributed by atoms with Gasteiger partial charge < -0.3 is 15.0 Å². The van der Waals surface area contributed by atoms with Crippen LogP contribution >= 0.6 is 0 Å². The molecule has 0 amide bonds. The Hall–Kier alpha value is -3.20. The molecule has 0 radical (unpaired) electrons. The van der Waals surface area contributed by atoms with Crippen molar-refractivity contribution in [3.8, 4) is 6.07 Å². The van der Waals surface area contributed by atoms with Crippen molar-refractivity contribution >= 4 is 32.4 Å². The third-order valence-corrected chi connectivity index (χ3v) is 8.77. The molecular weight excluding hydrogens is 456 g/mol. The maximum Gasteiger partial charge on any atom is 0.261 e. The Morgan fingerprint density at radius 3 is 2.74 bits per heavy atom. The second kappa shape index (κ2) is 8.54. The van der Waals surface area contributed by atoms with Gasteiger partial charge in [0.05, 0.1) is 35.0 Å². The Labute approximate surface area is 197 Å². The molecule has 178 valence electrons. The quantitative estimate of drug-likeness (QED) is 0.552. The number of aromatic nitrogens is 3. The Bertz CT molecular complexity index is 1410. The number of nitriles is 1. The van der Waals surface area contributed by atoms with Gasteiger partial charge in [-0.25, -0.2) is 8.42 Å². The van der Waals surface area contributed by atoms with Gasteiger partial charge in [-0.2, -0.15) is 14.7 Å². The van der Waals surface area contributed by atoms with Crippen LogP contribution in [0, 0.1) is 11.3 Å². The molecule has 2 saturated heterocycles. The summed E-state index contributed by atoms with van der Waals surface area (Å²) in [6, 6.07) is 10.5. The Morgan fingerprint density at radius 2 is 2.12 bits per heavy atom. The van der Waals surface area contributed by atoms with Crippen LogP contribution in [0.15, 0.2) is 46.2 Å². The van der Waals surface area contributed by atoms with Crippen molar-refractivity contribution in [1.82, 2.24) is 19.1 Å². The lowest BCUT2D eigenvalue weighted by Crippen LogP contribution is -2.49. The fraction of sp³-hybridized carbons (Fsp3) is 0.435. The number of benzene rings is 1. The highest BCUT2D eigenvalue weighted by molar-refractivity contribution is 7.89. The predicted molar refractivity (Wildman–Crippen MR) is 126 cm³/mol. The molecule has 0 unspecified atom stereocenters. The molecule has 5 rings (SSSR count). The lowest BCUT2D eigenvalue weighted by Gasteiger charge is -2.37. The standard InChI is InChI=1S/C23H26N6O4S/c1-16-8-13-28(16)34(31,32)18-5-3-17(4-6-18)26-21-20-19(7-12-25-22(20)30)29(27-21)23(10-11-24)9-2-14-33-15-23/h3-7,12,16H,2,8-10,13-15H2,1H3,(H,25,30)(H,26,27)/t16-,23+/m1/s1. The van der Waals surface area contributed by atoms with Crippen LogP contribution in [0.3, 0.4) is 0 Å². The van der Waals surface area contributed by atoms with Crippen molar-refractivity contribution in [2.24, 2.45) is 0 Å². The number of nitrogens with zero attached hydrogens (tertiary/aromatic N) is 4. The molecule has 4 heterocycles. The van der Waals surface area contributed by atoms with Crippen molar-refractivity contribution in [1.29, 1.82) is 5.26 Å². The van der Waals surface area contributed by atoms with Crippen molar-refractivity contribution in [3.63, 3.8) is 0 Å². The fourth-order valence-electron chi connectivity index (χ4n) is 4.72. The summed E-state index contributed by atoms with van der Waals surface area (Å²) in [7, 11) is -3.52. The highest BCUT2D eigenvalue weighted by Gasteiger charge is 2.38. The number of hydrogen-bond donors (Lipinski definition) is 2. The lowest BCUT2D eigenvalue weighted by molar-refractivity contribution is -0.00174. The normalized spacial score (nSPS) is 23.4. The Morgan fingerprint density at radius 1 is 1.32 bits per heavy atom. The number of fused-ring (bicyclic) bond motifs is 1. The van der Waals surface area contributed by atoms with Crippen molar-refractivity contribution < 1.29 is 13.2 Å².